The fraction of sp³-hybridized carbons (Fsp3) is 0.600. The Labute approximate surface area is 128 Å². The minimum Gasteiger partial charge on any atom is -0.481 e. The van der Waals surface area contributed by atoms with Crippen molar-refractivity contribution in [1.82, 2.24) is 5.32 Å². The van der Waals surface area contributed by atoms with Crippen LogP contribution in [0.4, 0.5) is 0 Å². The SMILES string of the molecule is COC(CNC(=O)c1cc2c(s1)CCC(C)C2)CC(=O)O. The molecule has 21 heavy (non-hydrogen) atoms. The molecule has 1 aromatic heterocycles. The average Bonchev–Trinajstić information content (AvgIpc) is 2.85. The molecule has 2 rings (SSSR count). The largest absolute Gasteiger partial charge is 0.481 e. The number of aryl methyl sites for hydroxylation is 1. The standard InChI is InChI=1S/C15H21NO4S/c1-9-3-4-12-10(5-9)6-13(21-12)15(19)16-8-11(20-2)7-14(17)18/h6,9,11H,3-5,7-8H2,1-2H3,(H,16,19)(H,17,18). The first kappa shape index (κ1) is 16.0. The molecule has 2 unspecified atom stereocenters. The smallest absolute Gasteiger partial charge is 0.306 e. The van der Waals surface area contributed by atoms with Crippen molar-refractivity contribution in [3.8, 4) is 0 Å². The first-order valence-corrected chi connectivity index (χ1v) is 7.95. The normalized spacial score (nSPS) is 18.9. The zero-order valence-electron chi connectivity index (χ0n) is 12.3. The third-order valence-corrected chi connectivity index (χ3v) is 5.01. The molecule has 2 N–H and O–H groups in total. The van der Waals surface area contributed by atoms with Gasteiger partial charge in [-0.2, -0.15) is 0 Å². The minimum atomic E-state index is -0.934. The summed E-state index contributed by atoms with van der Waals surface area (Å²) in [5, 5.41) is 11.5. The molecule has 1 aliphatic carbocycles. The number of carbonyl (C=O) groups excluding carboxylic acids is 1. The molecule has 1 amide bonds. The van der Waals surface area contributed by atoms with E-state index in [9.17, 15) is 9.59 Å². The van der Waals surface area contributed by atoms with E-state index in [1.165, 1.54) is 24.0 Å². The highest BCUT2D eigenvalue weighted by Crippen LogP contribution is 2.32. The Bertz CT molecular complexity index is 526. The Morgan fingerprint density at radius 1 is 1.57 bits per heavy atom. The van der Waals surface area contributed by atoms with E-state index in [1.807, 2.05) is 6.07 Å². The molecule has 6 heteroatoms. The zero-order valence-corrected chi connectivity index (χ0v) is 13.2. The first-order valence-electron chi connectivity index (χ1n) is 7.14. The van der Waals surface area contributed by atoms with Gasteiger partial charge in [0.15, 0.2) is 0 Å². The predicted octanol–water partition coefficient (Wildman–Crippen LogP) is 2.09. The molecule has 0 fully saturated rings. The van der Waals surface area contributed by atoms with Gasteiger partial charge < -0.3 is 15.2 Å². The monoisotopic (exact) mass is 311 g/mol. The minimum absolute atomic E-state index is 0.116. The number of hydrogen-bond donors (Lipinski definition) is 2. The van der Waals surface area contributed by atoms with Gasteiger partial charge in [0, 0.05) is 18.5 Å². The zero-order chi connectivity index (χ0) is 15.4. The quantitative estimate of drug-likeness (QED) is 0.843. The summed E-state index contributed by atoms with van der Waals surface area (Å²) >= 11 is 1.55. The Kier molecular flexibility index (Phi) is 5.36. The summed E-state index contributed by atoms with van der Waals surface area (Å²) in [6.45, 7) is 2.44. The fourth-order valence-corrected chi connectivity index (χ4v) is 3.67. The molecule has 0 bridgehead atoms. The van der Waals surface area contributed by atoms with Crippen LogP contribution >= 0.6 is 11.3 Å². The molecule has 0 aliphatic heterocycles. The van der Waals surface area contributed by atoms with Crippen molar-refractivity contribution in [3.63, 3.8) is 0 Å². The third-order valence-electron chi connectivity index (χ3n) is 3.78. The van der Waals surface area contributed by atoms with Crippen molar-refractivity contribution in [2.75, 3.05) is 13.7 Å². The van der Waals surface area contributed by atoms with E-state index in [2.05, 4.69) is 12.2 Å². The fourth-order valence-electron chi connectivity index (χ4n) is 2.54. The lowest BCUT2D eigenvalue weighted by Crippen LogP contribution is -2.34. The predicted molar refractivity (Wildman–Crippen MR) is 80.9 cm³/mol. The number of ether oxygens (including phenoxy) is 1. The van der Waals surface area contributed by atoms with Crippen molar-refractivity contribution in [1.29, 1.82) is 0 Å². The van der Waals surface area contributed by atoms with Gasteiger partial charge in [-0.25, -0.2) is 0 Å². The summed E-state index contributed by atoms with van der Waals surface area (Å²) in [6.07, 6.45) is 2.65. The second kappa shape index (κ2) is 7.04. The lowest BCUT2D eigenvalue weighted by atomic mass is 9.90. The van der Waals surface area contributed by atoms with E-state index in [0.717, 1.165) is 12.8 Å². The molecule has 116 valence electrons. The molecule has 1 aromatic rings. The van der Waals surface area contributed by atoms with Crippen LogP contribution in [0, 0.1) is 5.92 Å². The van der Waals surface area contributed by atoms with Gasteiger partial charge in [0.2, 0.25) is 0 Å². The highest BCUT2D eigenvalue weighted by atomic mass is 32.1. The number of amides is 1. The summed E-state index contributed by atoms with van der Waals surface area (Å²) in [4.78, 5) is 24.8. The number of aliphatic carboxylic acids is 1. The van der Waals surface area contributed by atoms with Gasteiger partial charge in [-0.15, -0.1) is 11.3 Å². The Hall–Kier alpha value is -1.40. The summed E-state index contributed by atoms with van der Waals surface area (Å²) in [5.74, 6) is -0.400. The molecule has 1 heterocycles. The molecule has 1 aliphatic rings. The summed E-state index contributed by atoms with van der Waals surface area (Å²) in [7, 11) is 1.45. The van der Waals surface area contributed by atoms with E-state index in [-0.39, 0.29) is 18.9 Å². The number of fused-ring (bicyclic) bond motifs is 1. The molecule has 0 saturated carbocycles. The van der Waals surface area contributed by atoms with Gasteiger partial charge >= 0.3 is 5.97 Å². The van der Waals surface area contributed by atoms with E-state index in [1.54, 1.807) is 11.3 Å². The highest BCUT2D eigenvalue weighted by Gasteiger charge is 2.21. The van der Waals surface area contributed by atoms with Crippen LogP contribution in [-0.2, 0) is 22.4 Å². The second-order valence-electron chi connectivity index (χ2n) is 5.57. The number of carboxylic acid groups (broad SMARTS) is 1. The van der Waals surface area contributed by atoms with Crippen LogP contribution in [0.25, 0.3) is 0 Å². The maximum atomic E-state index is 12.1. The highest BCUT2D eigenvalue weighted by molar-refractivity contribution is 7.14. The van der Waals surface area contributed by atoms with Gasteiger partial charge in [-0.05, 0) is 36.8 Å². The van der Waals surface area contributed by atoms with Crippen LogP contribution in [0.1, 0.15) is 39.9 Å². The Morgan fingerprint density at radius 2 is 2.33 bits per heavy atom. The van der Waals surface area contributed by atoms with Gasteiger partial charge in [0.1, 0.15) is 0 Å². The molecule has 0 spiro atoms. The van der Waals surface area contributed by atoms with Crippen LogP contribution in [0.2, 0.25) is 0 Å². The van der Waals surface area contributed by atoms with Crippen molar-refractivity contribution >= 4 is 23.2 Å². The summed E-state index contributed by atoms with van der Waals surface area (Å²) < 4.78 is 5.05. The average molecular weight is 311 g/mol. The number of methoxy groups -OCH3 is 1. The lowest BCUT2D eigenvalue weighted by molar-refractivity contribution is -0.139. The number of nitrogens with one attached hydrogen (secondary N) is 1. The van der Waals surface area contributed by atoms with Crippen LogP contribution in [-0.4, -0.2) is 36.7 Å². The summed E-state index contributed by atoms with van der Waals surface area (Å²) in [5.41, 5.74) is 1.29. The summed E-state index contributed by atoms with van der Waals surface area (Å²) in [6, 6.07) is 1.98. The molecular formula is C15H21NO4S. The van der Waals surface area contributed by atoms with E-state index < -0.39 is 12.1 Å². The number of carboxylic acids is 1. The lowest BCUT2D eigenvalue weighted by Gasteiger charge is -2.16. The van der Waals surface area contributed by atoms with Crippen molar-refractivity contribution in [2.24, 2.45) is 5.92 Å². The maximum absolute atomic E-state index is 12.1. The Balaban J connectivity index is 1.93. The van der Waals surface area contributed by atoms with Gasteiger partial charge in [-0.3, -0.25) is 9.59 Å². The molecule has 0 saturated heterocycles. The maximum Gasteiger partial charge on any atom is 0.306 e. The van der Waals surface area contributed by atoms with Gasteiger partial charge in [-0.1, -0.05) is 6.92 Å². The van der Waals surface area contributed by atoms with E-state index in [4.69, 9.17) is 9.84 Å². The van der Waals surface area contributed by atoms with Gasteiger partial charge in [0.05, 0.1) is 17.4 Å². The molecule has 5 nitrogen and oxygen atoms in total. The van der Waals surface area contributed by atoms with Crippen LogP contribution in [0.15, 0.2) is 6.07 Å². The number of rotatable bonds is 6. The molecular weight excluding hydrogens is 290 g/mol. The number of hydrogen-bond acceptors (Lipinski definition) is 4. The van der Waals surface area contributed by atoms with Crippen LogP contribution in [0.5, 0.6) is 0 Å². The van der Waals surface area contributed by atoms with E-state index in [0.29, 0.717) is 10.8 Å². The van der Waals surface area contributed by atoms with Crippen LogP contribution in [0.3, 0.4) is 0 Å². The number of thiophene rings is 1. The topological polar surface area (TPSA) is 75.6 Å². The van der Waals surface area contributed by atoms with Crippen molar-refractivity contribution in [2.45, 2.75) is 38.7 Å². The second-order valence-corrected chi connectivity index (χ2v) is 6.71. The first-order chi connectivity index (χ1) is 9.99. The van der Waals surface area contributed by atoms with Crippen LogP contribution < -0.4 is 5.32 Å². The Morgan fingerprint density at radius 3 is 3.00 bits per heavy atom. The molecule has 2 atom stereocenters. The molecule has 0 radical (unpaired) electrons. The third kappa shape index (κ3) is 4.28. The number of carbonyl (C=O) groups is 2. The van der Waals surface area contributed by atoms with Crippen molar-refractivity contribution in [3.05, 3.63) is 21.4 Å². The van der Waals surface area contributed by atoms with Gasteiger partial charge in [0.25, 0.3) is 5.91 Å². The van der Waals surface area contributed by atoms with Crippen molar-refractivity contribution < 1.29 is 19.4 Å². The molecule has 0 aromatic carbocycles. The van der Waals surface area contributed by atoms with E-state index >= 15 is 0 Å².